The first kappa shape index (κ1) is 16.0. The third kappa shape index (κ3) is 3.70. The smallest absolute Gasteiger partial charge is 0.161 e. The number of nitrogens with two attached hydrogens (primary N) is 1. The molecule has 0 bridgehead atoms. The van der Waals surface area contributed by atoms with E-state index in [2.05, 4.69) is 45.1 Å². The van der Waals surface area contributed by atoms with Gasteiger partial charge in [0.1, 0.15) is 0 Å². The molecule has 0 spiro atoms. The van der Waals surface area contributed by atoms with E-state index >= 15 is 0 Å². The Hall–Kier alpha value is -1.07. The predicted molar refractivity (Wildman–Crippen MR) is 77.8 cm³/mol. The van der Waals surface area contributed by atoms with Gasteiger partial charge >= 0.3 is 0 Å². The second kappa shape index (κ2) is 6.39. The monoisotopic (exact) mass is 268 g/mol. The number of nitrogens with zero attached hydrogens (tertiary/aromatic N) is 2. The van der Waals surface area contributed by atoms with Crippen LogP contribution in [0, 0.1) is 11.3 Å². The number of hydrogen-bond acceptors (Lipinski definition) is 4. The van der Waals surface area contributed by atoms with Crippen molar-refractivity contribution in [3.05, 3.63) is 11.9 Å². The zero-order valence-electron chi connectivity index (χ0n) is 13.0. The van der Waals surface area contributed by atoms with Gasteiger partial charge in [-0.25, -0.2) is 0 Å². The molecule has 0 aromatic carbocycles. The fraction of sp³-hybridized carbons (Fsp3) is 0.786. The molecule has 1 aromatic rings. The number of hydrogen-bond donors (Lipinski definition) is 2. The van der Waals surface area contributed by atoms with Crippen LogP contribution >= 0.6 is 0 Å². The van der Waals surface area contributed by atoms with Gasteiger partial charge in [0.15, 0.2) is 5.75 Å². The number of aromatic nitrogens is 2. The molecule has 0 saturated heterocycles. The molecule has 2 atom stereocenters. The number of rotatable bonds is 6. The van der Waals surface area contributed by atoms with E-state index in [-0.39, 0.29) is 11.5 Å². The van der Waals surface area contributed by atoms with Crippen molar-refractivity contribution < 1.29 is 4.74 Å². The number of hydrazine groups is 1. The minimum atomic E-state index is 0.0478. The van der Waals surface area contributed by atoms with Crippen LogP contribution in [0.15, 0.2) is 6.20 Å². The summed E-state index contributed by atoms with van der Waals surface area (Å²) in [5.74, 6) is 7.08. The second-order valence-electron chi connectivity index (χ2n) is 6.14. The molecule has 2 unspecified atom stereocenters. The van der Waals surface area contributed by atoms with Gasteiger partial charge in [0.2, 0.25) is 0 Å². The van der Waals surface area contributed by atoms with E-state index in [0.717, 1.165) is 24.4 Å². The van der Waals surface area contributed by atoms with Crippen LogP contribution in [0.1, 0.15) is 52.8 Å². The highest BCUT2D eigenvalue weighted by atomic mass is 16.5. The third-order valence-corrected chi connectivity index (χ3v) is 3.96. The molecule has 19 heavy (non-hydrogen) atoms. The maximum Gasteiger partial charge on any atom is 0.161 e. The highest BCUT2D eigenvalue weighted by Crippen LogP contribution is 2.35. The number of aryl methyl sites for hydroxylation is 1. The van der Waals surface area contributed by atoms with Crippen LogP contribution in [-0.2, 0) is 6.54 Å². The fourth-order valence-corrected chi connectivity index (χ4v) is 2.10. The number of ether oxygens (including phenoxy) is 1. The van der Waals surface area contributed by atoms with Crippen molar-refractivity contribution in [1.29, 1.82) is 0 Å². The van der Waals surface area contributed by atoms with Gasteiger partial charge in [-0.2, -0.15) is 5.10 Å². The van der Waals surface area contributed by atoms with Crippen LogP contribution < -0.4 is 16.0 Å². The molecule has 5 nitrogen and oxygen atoms in total. The Bertz CT molecular complexity index is 373. The van der Waals surface area contributed by atoms with Gasteiger partial charge in [-0.05, 0) is 24.7 Å². The molecule has 1 heterocycles. The molecule has 3 N–H and O–H groups in total. The highest BCUT2D eigenvalue weighted by molar-refractivity contribution is 5.28. The van der Waals surface area contributed by atoms with Crippen LogP contribution in [0.5, 0.6) is 5.75 Å². The van der Waals surface area contributed by atoms with Crippen molar-refractivity contribution in [3.8, 4) is 5.75 Å². The topological polar surface area (TPSA) is 65.1 Å². The van der Waals surface area contributed by atoms with Crippen molar-refractivity contribution in [1.82, 2.24) is 15.2 Å². The summed E-state index contributed by atoms with van der Waals surface area (Å²) in [4.78, 5) is 0. The predicted octanol–water partition coefficient (Wildman–Crippen LogP) is 2.49. The quantitative estimate of drug-likeness (QED) is 0.614. The Kier molecular flexibility index (Phi) is 5.38. The Labute approximate surface area is 116 Å². The van der Waals surface area contributed by atoms with E-state index in [4.69, 9.17) is 10.6 Å². The summed E-state index contributed by atoms with van der Waals surface area (Å²) in [6.07, 6.45) is 2.70. The van der Waals surface area contributed by atoms with Gasteiger partial charge < -0.3 is 4.74 Å². The first-order valence-electron chi connectivity index (χ1n) is 6.90. The molecule has 0 aliphatic heterocycles. The number of nitrogens with one attached hydrogen (secondary N) is 1. The Morgan fingerprint density at radius 2 is 2.11 bits per heavy atom. The standard InChI is InChI=1S/C14H28N4O/c1-7-18-13(12(19-6)9-16-18)11(17-15)8-10(2)14(3,4)5/h9-11,17H,7-8,15H2,1-6H3. The normalized spacial score (nSPS) is 15.3. The lowest BCUT2D eigenvalue weighted by atomic mass is 9.78. The van der Waals surface area contributed by atoms with Gasteiger partial charge in [0.05, 0.1) is 25.0 Å². The van der Waals surface area contributed by atoms with Crippen molar-refractivity contribution in [2.24, 2.45) is 17.2 Å². The zero-order valence-corrected chi connectivity index (χ0v) is 13.0. The fourth-order valence-electron chi connectivity index (χ4n) is 2.10. The first-order chi connectivity index (χ1) is 8.85. The van der Waals surface area contributed by atoms with Gasteiger partial charge in [-0.15, -0.1) is 0 Å². The van der Waals surface area contributed by atoms with Gasteiger partial charge in [0.25, 0.3) is 0 Å². The first-order valence-corrected chi connectivity index (χ1v) is 6.90. The molecule has 0 aliphatic carbocycles. The van der Waals surface area contributed by atoms with Crippen LogP contribution in [0.2, 0.25) is 0 Å². The zero-order chi connectivity index (χ0) is 14.6. The van der Waals surface area contributed by atoms with Crippen molar-refractivity contribution in [3.63, 3.8) is 0 Å². The SMILES string of the molecule is CCn1ncc(OC)c1C(CC(C)C(C)(C)C)NN. The van der Waals surface area contributed by atoms with Crippen LogP contribution in [0.25, 0.3) is 0 Å². The summed E-state index contributed by atoms with van der Waals surface area (Å²) >= 11 is 0. The summed E-state index contributed by atoms with van der Waals surface area (Å²) in [6, 6.07) is 0.0478. The lowest BCUT2D eigenvalue weighted by Gasteiger charge is -2.31. The average Bonchev–Trinajstić information content (AvgIpc) is 2.77. The van der Waals surface area contributed by atoms with Crippen molar-refractivity contribution in [2.75, 3.05) is 7.11 Å². The van der Waals surface area contributed by atoms with E-state index in [1.165, 1.54) is 0 Å². The van der Waals surface area contributed by atoms with Gasteiger partial charge in [-0.1, -0.05) is 27.7 Å². The molecule has 0 radical (unpaired) electrons. The van der Waals surface area contributed by atoms with Crippen molar-refractivity contribution in [2.45, 2.75) is 53.6 Å². The Balaban J connectivity index is 3.00. The maximum absolute atomic E-state index is 5.76. The Morgan fingerprint density at radius 3 is 2.53 bits per heavy atom. The maximum atomic E-state index is 5.76. The summed E-state index contributed by atoms with van der Waals surface area (Å²) in [7, 11) is 1.67. The molecular weight excluding hydrogens is 240 g/mol. The highest BCUT2D eigenvalue weighted by Gasteiger charge is 2.27. The molecule has 5 heteroatoms. The van der Waals surface area contributed by atoms with E-state index < -0.39 is 0 Å². The van der Waals surface area contributed by atoms with E-state index in [9.17, 15) is 0 Å². The van der Waals surface area contributed by atoms with E-state index in [0.29, 0.717) is 5.92 Å². The Morgan fingerprint density at radius 1 is 1.47 bits per heavy atom. The van der Waals surface area contributed by atoms with Crippen LogP contribution in [0.3, 0.4) is 0 Å². The lowest BCUT2D eigenvalue weighted by Crippen LogP contribution is -2.33. The molecule has 110 valence electrons. The summed E-state index contributed by atoms with van der Waals surface area (Å²) in [6.45, 7) is 11.9. The lowest BCUT2D eigenvalue weighted by molar-refractivity contribution is 0.218. The molecule has 0 amide bonds. The van der Waals surface area contributed by atoms with Crippen LogP contribution in [0.4, 0.5) is 0 Å². The van der Waals surface area contributed by atoms with Gasteiger partial charge in [-0.3, -0.25) is 16.0 Å². The van der Waals surface area contributed by atoms with Crippen LogP contribution in [-0.4, -0.2) is 16.9 Å². The second-order valence-corrected chi connectivity index (χ2v) is 6.14. The summed E-state index contributed by atoms with van der Waals surface area (Å²) in [5, 5.41) is 4.34. The minimum Gasteiger partial charge on any atom is -0.493 e. The summed E-state index contributed by atoms with van der Waals surface area (Å²) in [5.41, 5.74) is 4.20. The molecule has 0 fully saturated rings. The molecular formula is C14H28N4O. The molecule has 1 rings (SSSR count). The molecule has 0 saturated carbocycles. The molecule has 1 aromatic heterocycles. The number of methoxy groups -OCH3 is 1. The minimum absolute atomic E-state index is 0.0478. The average molecular weight is 268 g/mol. The summed E-state index contributed by atoms with van der Waals surface area (Å²) < 4.78 is 7.34. The largest absolute Gasteiger partial charge is 0.493 e. The van der Waals surface area contributed by atoms with E-state index in [1.807, 2.05) is 4.68 Å². The van der Waals surface area contributed by atoms with Gasteiger partial charge in [0, 0.05) is 6.54 Å². The van der Waals surface area contributed by atoms with Crippen molar-refractivity contribution >= 4 is 0 Å². The third-order valence-electron chi connectivity index (χ3n) is 3.96. The molecule has 0 aliphatic rings. The van der Waals surface area contributed by atoms with E-state index in [1.54, 1.807) is 13.3 Å².